The van der Waals surface area contributed by atoms with Crippen LogP contribution >= 0.6 is 0 Å². The van der Waals surface area contributed by atoms with Gasteiger partial charge in [-0.2, -0.15) is 0 Å². The monoisotopic (exact) mass is 928 g/mol. The van der Waals surface area contributed by atoms with Crippen molar-refractivity contribution in [2.75, 3.05) is 13.2 Å². The Kier molecular flexibility index (Phi) is 54.1. The molecule has 2 atom stereocenters. The zero-order chi connectivity index (χ0) is 47.9. The van der Waals surface area contributed by atoms with Gasteiger partial charge in [-0.15, -0.1) is 0 Å². The van der Waals surface area contributed by atoms with Crippen LogP contribution in [0.4, 0.5) is 0 Å². The Morgan fingerprint density at radius 2 is 0.758 bits per heavy atom. The number of aliphatic hydroxyl groups is 2. The lowest BCUT2D eigenvalue weighted by Crippen LogP contribution is -2.45. The van der Waals surface area contributed by atoms with Gasteiger partial charge in [-0.3, -0.25) is 9.59 Å². The van der Waals surface area contributed by atoms with Crippen LogP contribution < -0.4 is 5.32 Å². The van der Waals surface area contributed by atoms with Crippen molar-refractivity contribution in [3.05, 3.63) is 36.5 Å². The number of allylic oxidation sites excluding steroid dienone is 6. The number of aliphatic hydroxyl groups excluding tert-OH is 2. The molecule has 0 heterocycles. The molecular formula is C60H113NO5. The molecule has 0 spiro atoms. The van der Waals surface area contributed by atoms with E-state index < -0.39 is 12.1 Å². The van der Waals surface area contributed by atoms with Crippen molar-refractivity contribution >= 4 is 11.9 Å². The van der Waals surface area contributed by atoms with Crippen LogP contribution in [-0.4, -0.2) is 47.4 Å². The van der Waals surface area contributed by atoms with E-state index in [-0.39, 0.29) is 18.5 Å². The first-order chi connectivity index (χ1) is 32.5. The van der Waals surface area contributed by atoms with Gasteiger partial charge in [0.05, 0.1) is 25.4 Å². The van der Waals surface area contributed by atoms with Crippen molar-refractivity contribution in [1.29, 1.82) is 0 Å². The Morgan fingerprint density at radius 1 is 0.424 bits per heavy atom. The molecular weight excluding hydrogens is 815 g/mol. The summed E-state index contributed by atoms with van der Waals surface area (Å²) in [6.07, 6.45) is 68.6. The Balaban J connectivity index is 3.43. The molecule has 0 aliphatic rings. The third-order valence-corrected chi connectivity index (χ3v) is 13.4. The molecule has 0 aliphatic carbocycles. The number of ether oxygens (including phenoxy) is 1. The maximum absolute atomic E-state index is 12.4. The summed E-state index contributed by atoms with van der Waals surface area (Å²) in [7, 11) is 0. The minimum atomic E-state index is -0.669. The van der Waals surface area contributed by atoms with E-state index in [4.69, 9.17) is 4.74 Å². The van der Waals surface area contributed by atoms with E-state index in [2.05, 4.69) is 55.6 Å². The molecule has 66 heavy (non-hydrogen) atoms. The summed E-state index contributed by atoms with van der Waals surface area (Å²) >= 11 is 0. The van der Waals surface area contributed by atoms with E-state index in [0.717, 1.165) is 57.8 Å². The maximum atomic E-state index is 12.4. The third-order valence-electron chi connectivity index (χ3n) is 13.4. The maximum Gasteiger partial charge on any atom is 0.305 e. The highest BCUT2D eigenvalue weighted by atomic mass is 16.5. The highest BCUT2D eigenvalue weighted by Crippen LogP contribution is 2.16. The van der Waals surface area contributed by atoms with E-state index >= 15 is 0 Å². The van der Waals surface area contributed by atoms with E-state index in [0.29, 0.717) is 25.9 Å². The standard InChI is InChI=1S/C60H113NO5/c1-3-5-7-9-11-13-15-16-17-28-31-34-38-42-46-50-54-60(65)66-55-51-47-43-39-35-32-29-26-24-22-20-18-19-21-23-25-27-30-33-37-41-45-49-53-59(64)61-57(56-62)58(63)52-48-44-40-36-14-12-10-8-6-4-2/h17-18,20-21,23,28,57-58,62-63H,3-16,19,22,24-27,29-56H2,1-2H3,(H,61,64)/b20-18-,23-21-,28-17-. The third kappa shape index (κ3) is 51.5. The molecule has 0 bridgehead atoms. The zero-order valence-electron chi connectivity index (χ0n) is 44.2. The fourth-order valence-corrected chi connectivity index (χ4v) is 8.90. The van der Waals surface area contributed by atoms with Crippen molar-refractivity contribution < 1.29 is 24.5 Å². The van der Waals surface area contributed by atoms with Crippen molar-refractivity contribution in [1.82, 2.24) is 5.32 Å². The number of carbonyl (C=O) groups excluding carboxylic acids is 2. The molecule has 0 rings (SSSR count). The second kappa shape index (κ2) is 55.7. The predicted octanol–water partition coefficient (Wildman–Crippen LogP) is 18.0. The first-order valence-electron chi connectivity index (χ1n) is 29.2. The van der Waals surface area contributed by atoms with Gasteiger partial charge in [0.1, 0.15) is 0 Å². The van der Waals surface area contributed by atoms with Gasteiger partial charge in [0, 0.05) is 12.8 Å². The molecule has 3 N–H and O–H groups in total. The topological polar surface area (TPSA) is 95.9 Å². The summed E-state index contributed by atoms with van der Waals surface area (Å²) in [6, 6.07) is -0.548. The van der Waals surface area contributed by atoms with Crippen molar-refractivity contribution in [2.45, 2.75) is 321 Å². The van der Waals surface area contributed by atoms with Gasteiger partial charge >= 0.3 is 5.97 Å². The van der Waals surface area contributed by atoms with Gasteiger partial charge in [-0.25, -0.2) is 0 Å². The summed E-state index contributed by atoms with van der Waals surface area (Å²) in [5.74, 6) is -0.0479. The summed E-state index contributed by atoms with van der Waals surface area (Å²) in [5.41, 5.74) is 0. The van der Waals surface area contributed by atoms with Crippen LogP contribution in [0, 0.1) is 0 Å². The lowest BCUT2D eigenvalue weighted by Gasteiger charge is -2.22. The van der Waals surface area contributed by atoms with Crippen LogP contribution in [0.1, 0.15) is 309 Å². The number of nitrogens with one attached hydrogen (secondary N) is 1. The van der Waals surface area contributed by atoms with Crippen LogP contribution in [0.25, 0.3) is 0 Å². The number of carbonyl (C=O) groups is 2. The SMILES string of the molecule is CCCCCCCCC/C=C\CCCCCCCC(=O)OCCCCCCCCCCC/C=C\C/C=C\CCCCCCCCCC(=O)NC(CO)C(O)CCCCCCCCCCCC. The minimum Gasteiger partial charge on any atom is -0.466 e. The van der Waals surface area contributed by atoms with Crippen LogP contribution in [-0.2, 0) is 14.3 Å². The van der Waals surface area contributed by atoms with Crippen LogP contribution in [0.2, 0.25) is 0 Å². The molecule has 1 amide bonds. The normalized spacial score (nSPS) is 12.8. The van der Waals surface area contributed by atoms with Gasteiger partial charge in [0.2, 0.25) is 5.91 Å². The van der Waals surface area contributed by atoms with E-state index in [1.807, 2.05) is 0 Å². The molecule has 6 heteroatoms. The Hall–Kier alpha value is -1.92. The molecule has 388 valence electrons. The molecule has 0 radical (unpaired) electrons. The Bertz CT molecular complexity index is 1070. The van der Waals surface area contributed by atoms with Crippen molar-refractivity contribution in [2.24, 2.45) is 0 Å². The Morgan fingerprint density at radius 3 is 1.17 bits per heavy atom. The molecule has 0 aromatic carbocycles. The van der Waals surface area contributed by atoms with E-state index in [1.54, 1.807) is 0 Å². The zero-order valence-corrected chi connectivity index (χ0v) is 44.2. The first kappa shape index (κ1) is 64.1. The molecule has 0 fully saturated rings. The van der Waals surface area contributed by atoms with E-state index in [1.165, 1.54) is 218 Å². The number of unbranched alkanes of at least 4 members (excludes halogenated alkanes) is 37. The largest absolute Gasteiger partial charge is 0.466 e. The van der Waals surface area contributed by atoms with Gasteiger partial charge in [0.25, 0.3) is 0 Å². The van der Waals surface area contributed by atoms with Crippen molar-refractivity contribution in [3.63, 3.8) is 0 Å². The number of amides is 1. The van der Waals surface area contributed by atoms with E-state index in [9.17, 15) is 19.8 Å². The quantitative estimate of drug-likeness (QED) is 0.0321. The minimum absolute atomic E-state index is 0.000615. The second-order valence-corrected chi connectivity index (χ2v) is 20.0. The number of esters is 1. The molecule has 0 aliphatic heterocycles. The molecule has 0 aromatic rings. The highest BCUT2D eigenvalue weighted by Gasteiger charge is 2.20. The van der Waals surface area contributed by atoms with Crippen LogP contribution in [0.5, 0.6) is 0 Å². The average Bonchev–Trinajstić information content (AvgIpc) is 3.32. The highest BCUT2D eigenvalue weighted by molar-refractivity contribution is 5.76. The number of hydrogen-bond donors (Lipinski definition) is 3. The fraction of sp³-hybridized carbons (Fsp3) is 0.867. The second-order valence-electron chi connectivity index (χ2n) is 20.0. The van der Waals surface area contributed by atoms with Crippen molar-refractivity contribution in [3.8, 4) is 0 Å². The smallest absolute Gasteiger partial charge is 0.305 e. The fourth-order valence-electron chi connectivity index (χ4n) is 8.90. The number of rotatable bonds is 54. The molecule has 6 nitrogen and oxygen atoms in total. The summed E-state index contributed by atoms with van der Waals surface area (Å²) in [4.78, 5) is 24.5. The van der Waals surface area contributed by atoms with Gasteiger partial charge in [-0.1, -0.05) is 249 Å². The average molecular weight is 929 g/mol. The van der Waals surface area contributed by atoms with Gasteiger partial charge in [0.15, 0.2) is 0 Å². The Labute approximate surface area is 411 Å². The summed E-state index contributed by atoms with van der Waals surface area (Å²) in [6.45, 7) is 4.93. The van der Waals surface area contributed by atoms with Crippen LogP contribution in [0.15, 0.2) is 36.5 Å². The summed E-state index contributed by atoms with van der Waals surface area (Å²) in [5, 5.41) is 23.1. The molecule has 0 saturated carbocycles. The predicted molar refractivity (Wildman–Crippen MR) is 287 cm³/mol. The van der Waals surface area contributed by atoms with Gasteiger partial charge < -0.3 is 20.3 Å². The summed E-state index contributed by atoms with van der Waals surface area (Å²) < 4.78 is 5.48. The molecule has 0 saturated heterocycles. The molecule has 0 aromatic heterocycles. The lowest BCUT2D eigenvalue weighted by atomic mass is 10.0. The first-order valence-corrected chi connectivity index (χ1v) is 29.2. The lowest BCUT2D eigenvalue weighted by molar-refractivity contribution is -0.143. The molecule has 2 unspecified atom stereocenters. The van der Waals surface area contributed by atoms with Gasteiger partial charge in [-0.05, 0) is 83.5 Å². The number of hydrogen-bond acceptors (Lipinski definition) is 5. The van der Waals surface area contributed by atoms with Crippen LogP contribution in [0.3, 0.4) is 0 Å².